The highest BCUT2D eigenvalue weighted by atomic mass is 14.8. The van der Waals surface area contributed by atoms with Gasteiger partial charge >= 0.3 is 0 Å². The fourth-order valence-electron chi connectivity index (χ4n) is 0.729. The van der Waals surface area contributed by atoms with Crippen molar-refractivity contribution in [2.75, 3.05) is 13.1 Å². The van der Waals surface area contributed by atoms with E-state index in [2.05, 4.69) is 32.0 Å². The summed E-state index contributed by atoms with van der Waals surface area (Å²) < 4.78 is 0. The Morgan fingerprint density at radius 2 is 1.27 bits per heavy atom. The molecule has 0 aliphatic rings. The monoisotopic (exact) mass is 155 g/mol. The largest absolute Gasteiger partial charge is 0.317 e. The highest BCUT2D eigenvalue weighted by Crippen LogP contribution is 1.85. The number of nitrogens with one attached hydrogen (secondary N) is 1. The van der Waals surface area contributed by atoms with Gasteiger partial charge in [-0.1, -0.05) is 26.7 Å². The minimum atomic E-state index is 1.20. The van der Waals surface area contributed by atoms with Crippen LogP contribution < -0.4 is 5.32 Å². The van der Waals surface area contributed by atoms with Gasteiger partial charge in [-0.05, 0) is 25.9 Å². The lowest BCUT2D eigenvalue weighted by molar-refractivity contribution is 0.611. The lowest BCUT2D eigenvalue weighted by Gasteiger charge is -1.99. The number of hydrogen-bond acceptors (Lipinski definition) is 1. The van der Waals surface area contributed by atoms with E-state index in [1.807, 2.05) is 0 Å². The van der Waals surface area contributed by atoms with Crippen molar-refractivity contribution in [2.45, 2.75) is 39.5 Å². The molecule has 0 aromatic carbocycles. The third-order valence-electron chi connectivity index (χ3n) is 1.41. The molecule has 0 aliphatic heterocycles. The van der Waals surface area contributed by atoms with E-state index in [0.717, 1.165) is 0 Å². The topological polar surface area (TPSA) is 12.0 Å². The molecular weight excluding hydrogens is 134 g/mol. The van der Waals surface area contributed by atoms with Crippen LogP contribution in [0.15, 0.2) is 0 Å². The van der Waals surface area contributed by atoms with Crippen LogP contribution >= 0.6 is 0 Å². The molecule has 0 radical (unpaired) electrons. The van der Waals surface area contributed by atoms with Gasteiger partial charge in [0.25, 0.3) is 0 Å². The molecule has 0 unspecified atom stereocenters. The van der Waals surface area contributed by atoms with Crippen LogP contribution in [0.25, 0.3) is 0 Å². The Labute approximate surface area is 71.6 Å². The molecule has 0 saturated heterocycles. The maximum atomic E-state index is 4.00. The molecule has 1 N–H and O–H groups in total. The molecule has 0 aliphatic carbocycles. The van der Waals surface area contributed by atoms with Crippen LogP contribution in [0.4, 0.5) is 0 Å². The Morgan fingerprint density at radius 1 is 0.909 bits per heavy atom. The molecule has 0 aromatic rings. The third-order valence-corrected chi connectivity index (χ3v) is 1.41. The Balaban J connectivity index is 0. The SMILES string of the molecule is C#C.CCCCNCCCC. The van der Waals surface area contributed by atoms with Gasteiger partial charge in [0.2, 0.25) is 0 Å². The summed E-state index contributed by atoms with van der Waals surface area (Å²) in [6, 6.07) is 0. The molecule has 0 spiro atoms. The number of rotatable bonds is 6. The predicted molar refractivity (Wildman–Crippen MR) is 52.6 cm³/mol. The van der Waals surface area contributed by atoms with Gasteiger partial charge in [0.15, 0.2) is 0 Å². The highest BCUT2D eigenvalue weighted by Gasteiger charge is 1.83. The van der Waals surface area contributed by atoms with Gasteiger partial charge in [-0.2, -0.15) is 0 Å². The summed E-state index contributed by atoms with van der Waals surface area (Å²) >= 11 is 0. The van der Waals surface area contributed by atoms with Gasteiger partial charge in [0.1, 0.15) is 0 Å². The minimum absolute atomic E-state index is 1.20. The molecule has 66 valence electrons. The molecule has 0 rings (SSSR count). The van der Waals surface area contributed by atoms with Crippen LogP contribution in [0.1, 0.15) is 39.5 Å². The van der Waals surface area contributed by atoms with E-state index >= 15 is 0 Å². The molecule has 1 nitrogen and oxygen atoms in total. The normalized spacial score (nSPS) is 8.36. The van der Waals surface area contributed by atoms with E-state index in [9.17, 15) is 0 Å². The highest BCUT2D eigenvalue weighted by molar-refractivity contribution is 4.47. The van der Waals surface area contributed by atoms with Crippen LogP contribution in [0, 0.1) is 12.8 Å². The van der Waals surface area contributed by atoms with Crippen LogP contribution in [0.3, 0.4) is 0 Å². The Kier molecular flexibility index (Phi) is 19.4. The fourth-order valence-corrected chi connectivity index (χ4v) is 0.729. The summed E-state index contributed by atoms with van der Waals surface area (Å²) in [5.41, 5.74) is 0. The van der Waals surface area contributed by atoms with Crippen molar-refractivity contribution in [3.63, 3.8) is 0 Å². The molecule has 0 aromatic heterocycles. The molecule has 0 saturated carbocycles. The van der Waals surface area contributed by atoms with Crippen LogP contribution in [-0.4, -0.2) is 13.1 Å². The van der Waals surface area contributed by atoms with Gasteiger partial charge in [0.05, 0.1) is 0 Å². The van der Waals surface area contributed by atoms with Crippen molar-refractivity contribution < 1.29 is 0 Å². The summed E-state index contributed by atoms with van der Waals surface area (Å²) in [5.74, 6) is 0. The van der Waals surface area contributed by atoms with Crippen LogP contribution in [0.5, 0.6) is 0 Å². The Morgan fingerprint density at radius 3 is 1.55 bits per heavy atom. The van der Waals surface area contributed by atoms with Gasteiger partial charge in [-0.15, -0.1) is 12.8 Å². The zero-order chi connectivity index (χ0) is 8.95. The van der Waals surface area contributed by atoms with E-state index in [-0.39, 0.29) is 0 Å². The first-order valence-electron chi connectivity index (χ1n) is 4.45. The number of hydrogen-bond donors (Lipinski definition) is 1. The van der Waals surface area contributed by atoms with Gasteiger partial charge in [0, 0.05) is 0 Å². The Hall–Kier alpha value is -0.480. The molecular formula is C10H21N. The van der Waals surface area contributed by atoms with E-state index in [1.54, 1.807) is 0 Å². The zero-order valence-corrected chi connectivity index (χ0v) is 7.90. The van der Waals surface area contributed by atoms with Crippen LogP contribution in [-0.2, 0) is 0 Å². The van der Waals surface area contributed by atoms with Crippen LogP contribution in [0.2, 0.25) is 0 Å². The zero-order valence-electron chi connectivity index (χ0n) is 7.90. The maximum Gasteiger partial charge on any atom is -0.00490 e. The van der Waals surface area contributed by atoms with Crippen molar-refractivity contribution in [3.05, 3.63) is 0 Å². The number of unbranched alkanes of at least 4 members (excludes halogenated alkanes) is 2. The summed E-state index contributed by atoms with van der Waals surface area (Å²) in [6.45, 7) is 6.86. The van der Waals surface area contributed by atoms with E-state index < -0.39 is 0 Å². The quantitative estimate of drug-likeness (QED) is 0.459. The first kappa shape index (κ1) is 13.1. The standard InChI is InChI=1S/C8H19N.C2H2/c1-3-5-7-9-8-6-4-2;1-2/h9H,3-8H2,1-2H3;1-2H. The average molecular weight is 155 g/mol. The van der Waals surface area contributed by atoms with E-state index in [4.69, 9.17) is 0 Å². The first-order chi connectivity index (χ1) is 5.41. The van der Waals surface area contributed by atoms with E-state index in [1.165, 1.54) is 38.8 Å². The molecule has 0 atom stereocenters. The lowest BCUT2D eigenvalue weighted by atomic mass is 10.3. The smallest absolute Gasteiger partial charge is 0.00490 e. The fraction of sp³-hybridized carbons (Fsp3) is 0.800. The second-order valence-corrected chi connectivity index (χ2v) is 2.46. The van der Waals surface area contributed by atoms with Gasteiger partial charge in [-0.25, -0.2) is 0 Å². The molecule has 0 bridgehead atoms. The molecule has 0 heterocycles. The minimum Gasteiger partial charge on any atom is -0.317 e. The summed E-state index contributed by atoms with van der Waals surface area (Å²) in [6.07, 6.45) is 13.3. The van der Waals surface area contributed by atoms with Crippen molar-refractivity contribution in [1.82, 2.24) is 5.32 Å². The molecule has 0 fully saturated rings. The summed E-state index contributed by atoms with van der Waals surface area (Å²) in [7, 11) is 0. The predicted octanol–water partition coefficient (Wildman–Crippen LogP) is 2.43. The number of terminal acetylenes is 1. The average Bonchev–Trinajstić information content (AvgIpc) is 2.08. The lowest BCUT2D eigenvalue weighted by Crippen LogP contribution is -2.15. The van der Waals surface area contributed by atoms with Crippen molar-refractivity contribution in [1.29, 1.82) is 0 Å². The van der Waals surface area contributed by atoms with Crippen molar-refractivity contribution in [3.8, 4) is 12.8 Å². The molecule has 1 heteroatoms. The second kappa shape index (κ2) is 16.3. The van der Waals surface area contributed by atoms with Crippen molar-refractivity contribution >= 4 is 0 Å². The maximum absolute atomic E-state index is 4.00. The van der Waals surface area contributed by atoms with Gasteiger partial charge < -0.3 is 5.32 Å². The molecule has 11 heavy (non-hydrogen) atoms. The van der Waals surface area contributed by atoms with E-state index in [0.29, 0.717) is 0 Å². The van der Waals surface area contributed by atoms with Gasteiger partial charge in [-0.3, -0.25) is 0 Å². The summed E-state index contributed by atoms with van der Waals surface area (Å²) in [4.78, 5) is 0. The second-order valence-electron chi connectivity index (χ2n) is 2.46. The van der Waals surface area contributed by atoms with Crippen molar-refractivity contribution in [2.24, 2.45) is 0 Å². The first-order valence-corrected chi connectivity index (χ1v) is 4.45. The third kappa shape index (κ3) is 17.7. The Bertz CT molecular complexity index is 60.5. The molecule has 0 amide bonds. The summed E-state index contributed by atoms with van der Waals surface area (Å²) in [5, 5.41) is 3.39.